The summed E-state index contributed by atoms with van der Waals surface area (Å²) in [5.41, 5.74) is 0. The molecule has 106 valence electrons. The Hall–Kier alpha value is -1.43. The van der Waals surface area contributed by atoms with Gasteiger partial charge in [0, 0.05) is 13.0 Å². The largest absolute Gasteiger partial charge is 0.469 e. The minimum absolute atomic E-state index is 0.0690. The minimum Gasteiger partial charge on any atom is -0.469 e. The van der Waals surface area contributed by atoms with E-state index in [0.29, 0.717) is 18.3 Å². The van der Waals surface area contributed by atoms with Crippen LogP contribution >= 0.6 is 0 Å². The van der Waals surface area contributed by atoms with Crippen molar-refractivity contribution in [2.24, 2.45) is 5.92 Å². The topological polar surface area (TPSA) is 77.2 Å². The average molecular weight is 267 g/mol. The smallest absolute Gasteiger partial charge is 0.310 e. The first-order chi connectivity index (χ1) is 9.20. The number of methoxy groups -OCH3 is 1. The van der Waals surface area contributed by atoms with Gasteiger partial charge in [-0.25, -0.2) is 0 Å². The summed E-state index contributed by atoms with van der Waals surface area (Å²) in [7, 11) is 1.45. The first kappa shape index (κ1) is 14.0. The number of carbonyl (C=O) groups is 1. The summed E-state index contributed by atoms with van der Waals surface area (Å²) in [5.74, 6) is 0.997. The molecule has 1 saturated carbocycles. The second kappa shape index (κ2) is 6.65. The van der Waals surface area contributed by atoms with Crippen molar-refractivity contribution >= 4 is 5.97 Å². The molecule has 0 spiro atoms. The van der Waals surface area contributed by atoms with Crippen molar-refractivity contribution in [1.82, 2.24) is 15.5 Å². The molecule has 1 aliphatic rings. The van der Waals surface area contributed by atoms with Gasteiger partial charge >= 0.3 is 5.97 Å². The summed E-state index contributed by atoms with van der Waals surface area (Å²) in [6, 6.07) is 0.133. The number of aryl methyl sites for hydroxylation is 1. The lowest BCUT2D eigenvalue weighted by molar-refractivity contribution is -0.146. The van der Waals surface area contributed by atoms with Gasteiger partial charge in [0.05, 0.1) is 19.6 Å². The predicted molar refractivity (Wildman–Crippen MR) is 68.3 cm³/mol. The van der Waals surface area contributed by atoms with E-state index in [4.69, 9.17) is 9.26 Å². The van der Waals surface area contributed by atoms with Gasteiger partial charge in [-0.15, -0.1) is 0 Å². The summed E-state index contributed by atoms with van der Waals surface area (Å²) >= 11 is 0. The molecule has 6 nitrogen and oxygen atoms in total. The van der Waals surface area contributed by atoms with Crippen LogP contribution < -0.4 is 5.32 Å². The Morgan fingerprint density at radius 1 is 1.42 bits per heavy atom. The Morgan fingerprint density at radius 2 is 2.21 bits per heavy atom. The second-order valence-electron chi connectivity index (χ2n) is 4.98. The molecule has 6 heteroatoms. The molecule has 1 N–H and O–H groups in total. The van der Waals surface area contributed by atoms with E-state index in [2.05, 4.69) is 15.5 Å². The highest BCUT2D eigenvalue weighted by Gasteiger charge is 2.30. The third kappa shape index (κ3) is 3.76. The van der Waals surface area contributed by atoms with Crippen molar-refractivity contribution in [2.75, 3.05) is 7.11 Å². The summed E-state index contributed by atoms with van der Waals surface area (Å²) in [6.45, 7) is 2.29. The molecule has 1 aromatic rings. The molecule has 1 fully saturated rings. The molecule has 1 aromatic heterocycles. The molecule has 1 heterocycles. The monoisotopic (exact) mass is 267 g/mol. The Bertz CT molecular complexity index is 419. The van der Waals surface area contributed by atoms with Gasteiger partial charge in [-0.3, -0.25) is 4.79 Å². The van der Waals surface area contributed by atoms with Crippen LogP contribution in [0.15, 0.2) is 4.52 Å². The number of nitrogens with one attached hydrogen (secondary N) is 1. The van der Waals surface area contributed by atoms with E-state index in [-0.39, 0.29) is 17.9 Å². The van der Waals surface area contributed by atoms with E-state index in [1.54, 1.807) is 6.92 Å². The highest BCUT2D eigenvalue weighted by molar-refractivity contribution is 5.73. The number of esters is 1. The Balaban J connectivity index is 1.95. The van der Waals surface area contributed by atoms with Crippen LogP contribution in [-0.4, -0.2) is 29.3 Å². The average Bonchev–Trinajstić information content (AvgIpc) is 2.69. The van der Waals surface area contributed by atoms with Crippen molar-refractivity contribution in [1.29, 1.82) is 0 Å². The maximum atomic E-state index is 11.8. The van der Waals surface area contributed by atoms with Gasteiger partial charge in [-0.2, -0.15) is 4.98 Å². The minimum atomic E-state index is -0.122. The lowest BCUT2D eigenvalue weighted by atomic mass is 9.95. The molecule has 0 radical (unpaired) electrons. The number of hydrogen-bond donors (Lipinski definition) is 1. The molecule has 0 aliphatic heterocycles. The van der Waals surface area contributed by atoms with Gasteiger partial charge < -0.3 is 14.6 Å². The fourth-order valence-electron chi connectivity index (χ4n) is 2.62. The highest BCUT2D eigenvalue weighted by atomic mass is 16.5. The number of nitrogens with zero attached hydrogens (tertiary/aromatic N) is 2. The quantitative estimate of drug-likeness (QED) is 0.659. The Labute approximate surface area is 112 Å². The van der Waals surface area contributed by atoms with Crippen LogP contribution in [-0.2, 0) is 16.1 Å². The number of hydrogen-bond acceptors (Lipinski definition) is 6. The first-order valence-corrected chi connectivity index (χ1v) is 6.81. The van der Waals surface area contributed by atoms with Gasteiger partial charge in [0.2, 0.25) is 5.89 Å². The van der Waals surface area contributed by atoms with Gasteiger partial charge in [0.15, 0.2) is 5.82 Å². The summed E-state index contributed by atoms with van der Waals surface area (Å²) in [4.78, 5) is 16.0. The zero-order chi connectivity index (χ0) is 13.7. The number of carbonyl (C=O) groups excluding carboxylic acids is 1. The summed E-state index contributed by atoms with van der Waals surface area (Å²) < 4.78 is 9.83. The Morgan fingerprint density at radius 3 is 2.89 bits per heavy atom. The maximum Gasteiger partial charge on any atom is 0.310 e. The lowest BCUT2D eigenvalue weighted by Crippen LogP contribution is -2.39. The number of ether oxygens (including phenoxy) is 1. The molecular weight excluding hydrogens is 246 g/mol. The van der Waals surface area contributed by atoms with E-state index >= 15 is 0 Å². The van der Waals surface area contributed by atoms with Crippen LogP contribution in [0.2, 0.25) is 0 Å². The molecular formula is C13H21N3O3. The van der Waals surface area contributed by atoms with Crippen LogP contribution in [0.5, 0.6) is 0 Å². The van der Waals surface area contributed by atoms with Crippen molar-refractivity contribution in [3.05, 3.63) is 11.7 Å². The van der Waals surface area contributed by atoms with Crippen LogP contribution in [0.4, 0.5) is 0 Å². The zero-order valence-electron chi connectivity index (χ0n) is 11.5. The molecule has 2 rings (SSSR count). The molecule has 19 heavy (non-hydrogen) atoms. The number of aromatic nitrogens is 2. The van der Waals surface area contributed by atoms with Crippen molar-refractivity contribution < 1.29 is 14.1 Å². The molecule has 0 saturated heterocycles. The van der Waals surface area contributed by atoms with Crippen molar-refractivity contribution in [3.63, 3.8) is 0 Å². The number of rotatable bonds is 4. The van der Waals surface area contributed by atoms with E-state index in [9.17, 15) is 4.79 Å². The SMILES string of the molecule is COC(=O)[C@H]1CCCCC[C@H]1NCc1noc(C)n1. The first-order valence-electron chi connectivity index (χ1n) is 6.81. The Kier molecular flexibility index (Phi) is 4.90. The van der Waals surface area contributed by atoms with E-state index < -0.39 is 0 Å². The van der Waals surface area contributed by atoms with Gasteiger partial charge in [0.25, 0.3) is 0 Å². The third-order valence-corrected chi connectivity index (χ3v) is 3.61. The normalized spacial score (nSPS) is 23.9. The zero-order valence-corrected chi connectivity index (χ0v) is 11.5. The second-order valence-corrected chi connectivity index (χ2v) is 4.98. The van der Waals surface area contributed by atoms with E-state index in [1.165, 1.54) is 13.5 Å². The van der Waals surface area contributed by atoms with E-state index in [1.807, 2.05) is 0 Å². The van der Waals surface area contributed by atoms with Crippen LogP contribution in [0.3, 0.4) is 0 Å². The van der Waals surface area contributed by atoms with Crippen molar-refractivity contribution in [2.45, 2.75) is 51.6 Å². The van der Waals surface area contributed by atoms with Crippen molar-refractivity contribution in [3.8, 4) is 0 Å². The molecule has 2 atom stereocenters. The lowest BCUT2D eigenvalue weighted by Gasteiger charge is -2.23. The molecule has 1 aliphatic carbocycles. The van der Waals surface area contributed by atoms with Gasteiger partial charge in [0.1, 0.15) is 0 Å². The molecule has 0 bridgehead atoms. The maximum absolute atomic E-state index is 11.8. The molecule has 0 aromatic carbocycles. The van der Waals surface area contributed by atoms with E-state index in [0.717, 1.165) is 25.7 Å². The highest BCUT2D eigenvalue weighted by Crippen LogP contribution is 2.24. The van der Waals surface area contributed by atoms with Gasteiger partial charge in [-0.1, -0.05) is 24.4 Å². The van der Waals surface area contributed by atoms with Crippen LogP contribution in [0.25, 0.3) is 0 Å². The van der Waals surface area contributed by atoms with Crippen LogP contribution in [0, 0.1) is 12.8 Å². The van der Waals surface area contributed by atoms with Gasteiger partial charge in [-0.05, 0) is 12.8 Å². The third-order valence-electron chi connectivity index (χ3n) is 3.61. The summed E-state index contributed by atoms with van der Waals surface area (Å²) in [5, 5.41) is 7.22. The summed E-state index contributed by atoms with van der Waals surface area (Å²) in [6.07, 6.45) is 5.26. The predicted octanol–water partition coefficient (Wildman–Crippen LogP) is 1.59. The fourth-order valence-corrected chi connectivity index (χ4v) is 2.62. The fraction of sp³-hybridized carbons (Fsp3) is 0.769. The standard InChI is InChI=1S/C13H21N3O3/c1-9-15-12(16-19-9)8-14-11-7-5-3-4-6-10(11)13(17)18-2/h10-11,14H,3-8H2,1-2H3/t10-,11+/m0/s1. The molecule has 0 amide bonds. The van der Waals surface area contributed by atoms with Crippen LogP contribution in [0.1, 0.15) is 43.8 Å². The molecule has 0 unspecified atom stereocenters.